The fourth-order valence-corrected chi connectivity index (χ4v) is 4.05. The first-order valence-electron chi connectivity index (χ1n) is 7.15. The highest BCUT2D eigenvalue weighted by atomic mass is 35.5. The smallest absolute Gasteiger partial charge is 0.252 e. The van der Waals surface area contributed by atoms with Crippen LogP contribution in [0.3, 0.4) is 0 Å². The van der Waals surface area contributed by atoms with Crippen molar-refractivity contribution in [3.63, 3.8) is 0 Å². The average molecular weight is 380 g/mol. The molecular formula is C14H19Cl2N3O3S. The highest BCUT2D eigenvalue weighted by molar-refractivity contribution is 7.89. The number of sulfonamides is 1. The minimum Gasteiger partial charge on any atom is -0.351 e. The van der Waals surface area contributed by atoms with Gasteiger partial charge in [-0.15, -0.1) is 0 Å². The fraction of sp³-hybridized carbons (Fsp3) is 0.500. The lowest BCUT2D eigenvalue weighted by molar-refractivity contribution is 0.0951. The Bertz CT molecular complexity index is 703. The fourth-order valence-electron chi connectivity index (χ4n) is 1.88. The van der Waals surface area contributed by atoms with E-state index in [1.54, 1.807) is 0 Å². The summed E-state index contributed by atoms with van der Waals surface area (Å²) in [5.41, 5.74) is 0.0889. The van der Waals surface area contributed by atoms with Crippen LogP contribution in [0.25, 0.3) is 0 Å². The molecule has 2 N–H and O–H groups in total. The lowest BCUT2D eigenvalue weighted by Gasteiger charge is -2.13. The maximum Gasteiger partial charge on any atom is 0.252 e. The van der Waals surface area contributed by atoms with Crippen LogP contribution in [0.4, 0.5) is 0 Å². The molecule has 1 aliphatic carbocycles. The second kappa shape index (κ2) is 7.36. The van der Waals surface area contributed by atoms with Crippen LogP contribution in [-0.4, -0.2) is 52.5 Å². The van der Waals surface area contributed by atoms with Crippen molar-refractivity contribution in [2.45, 2.75) is 23.8 Å². The Hall–Kier alpha value is -0.860. The molecule has 0 saturated heterocycles. The molecule has 0 radical (unpaired) electrons. The van der Waals surface area contributed by atoms with Crippen molar-refractivity contribution in [2.24, 2.45) is 0 Å². The van der Waals surface area contributed by atoms with Crippen molar-refractivity contribution in [3.8, 4) is 0 Å². The molecule has 0 atom stereocenters. The van der Waals surface area contributed by atoms with Crippen molar-refractivity contribution in [3.05, 3.63) is 27.7 Å². The van der Waals surface area contributed by atoms with Gasteiger partial charge in [0, 0.05) is 19.1 Å². The molecule has 1 aliphatic rings. The second-order valence-electron chi connectivity index (χ2n) is 5.72. The molecule has 1 aromatic carbocycles. The third kappa shape index (κ3) is 5.06. The Labute approximate surface area is 146 Å². The van der Waals surface area contributed by atoms with E-state index in [0.717, 1.165) is 12.8 Å². The van der Waals surface area contributed by atoms with E-state index in [2.05, 4.69) is 10.0 Å². The summed E-state index contributed by atoms with van der Waals surface area (Å²) in [4.78, 5) is 14.0. The molecule has 6 nitrogen and oxygen atoms in total. The monoisotopic (exact) mass is 379 g/mol. The van der Waals surface area contributed by atoms with Gasteiger partial charge in [0.15, 0.2) is 0 Å². The van der Waals surface area contributed by atoms with Gasteiger partial charge >= 0.3 is 0 Å². The van der Waals surface area contributed by atoms with Gasteiger partial charge in [0.2, 0.25) is 10.0 Å². The molecule has 23 heavy (non-hydrogen) atoms. The first-order chi connectivity index (χ1) is 10.7. The zero-order valence-corrected chi connectivity index (χ0v) is 15.2. The SMILES string of the molecule is CN(C)CCNC(=O)c1cc(S(=O)(=O)NC2CC2)c(Cl)cc1Cl. The van der Waals surface area contributed by atoms with Crippen molar-refractivity contribution in [1.82, 2.24) is 14.9 Å². The molecule has 2 rings (SSSR count). The van der Waals surface area contributed by atoms with Gasteiger partial charge < -0.3 is 10.2 Å². The Kier molecular flexibility index (Phi) is 5.91. The standard InChI is InChI=1S/C14H19Cl2N3O3S/c1-19(2)6-5-17-14(20)10-7-13(12(16)8-11(10)15)23(21,22)18-9-3-4-9/h7-9,18H,3-6H2,1-2H3,(H,17,20). The summed E-state index contributed by atoms with van der Waals surface area (Å²) in [6.07, 6.45) is 1.62. The van der Waals surface area contributed by atoms with E-state index >= 15 is 0 Å². The summed E-state index contributed by atoms with van der Waals surface area (Å²) in [6, 6.07) is 2.45. The molecule has 1 aromatic rings. The Balaban J connectivity index is 2.23. The summed E-state index contributed by atoms with van der Waals surface area (Å²) in [5, 5.41) is 2.81. The lowest BCUT2D eigenvalue weighted by Crippen LogP contribution is -2.32. The van der Waals surface area contributed by atoms with Gasteiger partial charge in [-0.2, -0.15) is 0 Å². The molecule has 9 heteroatoms. The number of nitrogens with zero attached hydrogens (tertiary/aromatic N) is 1. The summed E-state index contributed by atoms with van der Waals surface area (Å²) < 4.78 is 27.2. The molecule has 0 bridgehead atoms. The maximum atomic E-state index is 12.3. The normalized spacial score (nSPS) is 15.0. The van der Waals surface area contributed by atoms with E-state index < -0.39 is 15.9 Å². The van der Waals surface area contributed by atoms with Crippen molar-refractivity contribution < 1.29 is 13.2 Å². The number of likely N-dealkylation sites (N-methyl/N-ethyl adjacent to an activating group) is 1. The summed E-state index contributed by atoms with van der Waals surface area (Å²) >= 11 is 12.0. The Morgan fingerprint density at radius 3 is 2.48 bits per heavy atom. The van der Waals surface area contributed by atoms with Gasteiger partial charge in [0.05, 0.1) is 15.6 Å². The molecule has 1 fully saturated rings. The van der Waals surface area contributed by atoms with Gasteiger partial charge in [-0.1, -0.05) is 23.2 Å². The van der Waals surface area contributed by atoms with Crippen LogP contribution in [0, 0.1) is 0 Å². The molecule has 0 unspecified atom stereocenters. The van der Waals surface area contributed by atoms with E-state index in [1.807, 2.05) is 19.0 Å². The second-order valence-corrected chi connectivity index (χ2v) is 8.21. The van der Waals surface area contributed by atoms with Crippen LogP contribution in [0.2, 0.25) is 10.0 Å². The zero-order chi connectivity index (χ0) is 17.2. The van der Waals surface area contributed by atoms with Crippen LogP contribution in [-0.2, 0) is 10.0 Å². The van der Waals surface area contributed by atoms with E-state index in [1.165, 1.54) is 12.1 Å². The number of carbonyl (C=O) groups is 1. The van der Waals surface area contributed by atoms with Gasteiger partial charge in [-0.3, -0.25) is 4.79 Å². The van der Waals surface area contributed by atoms with Gasteiger partial charge in [0.25, 0.3) is 5.91 Å². The number of halogens is 2. The Morgan fingerprint density at radius 2 is 1.91 bits per heavy atom. The van der Waals surface area contributed by atoms with Gasteiger partial charge in [-0.25, -0.2) is 13.1 Å². The molecule has 1 saturated carbocycles. The van der Waals surface area contributed by atoms with Crippen molar-refractivity contribution >= 4 is 39.1 Å². The number of benzene rings is 1. The lowest BCUT2D eigenvalue weighted by atomic mass is 10.2. The molecule has 0 spiro atoms. The van der Waals surface area contributed by atoms with Crippen LogP contribution in [0.1, 0.15) is 23.2 Å². The highest BCUT2D eigenvalue weighted by Crippen LogP contribution is 2.30. The predicted molar refractivity (Wildman–Crippen MR) is 90.7 cm³/mol. The topological polar surface area (TPSA) is 78.5 Å². The number of amides is 1. The van der Waals surface area contributed by atoms with Crippen LogP contribution >= 0.6 is 23.2 Å². The first kappa shape index (κ1) is 18.5. The van der Waals surface area contributed by atoms with E-state index in [9.17, 15) is 13.2 Å². The molecule has 128 valence electrons. The van der Waals surface area contributed by atoms with E-state index in [4.69, 9.17) is 23.2 Å². The zero-order valence-electron chi connectivity index (χ0n) is 12.9. The number of hydrogen-bond acceptors (Lipinski definition) is 4. The molecule has 0 aromatic heterocycles. The average Bonchev–Trinajstić information content (AvgIpc) is 3.20. The molecular weight excluding hydrogens is 361 g/mol. The van der Waals surface area contributed by atoms with Gasteiger partial charge in [-0.05, 0) is 39.1 Å². The number of carbonyl (C=O) groups excluding carboxylic acids is 1. The van der Waals surface area contributed by atoms with Crippen LogP contribution in [0.5, 0.6) is 0 Å². The molecule has 1 amide bonds. The van der Waals surface area contributed by atoms with E-state index in [0.29, 0.717) is 13.1 Å². The van der Waals surface area contributed by atoms with Gasteiger partial charge in [0.1, 0.15) is 4.90 Å². The molecule has 0 heterocycles. The first-order valence-corrected chi connectivity index (χ1v) is 9.39. The quantitative estimate of drug-likeness (QED) is 0.755. The molecule has 0 aliphatic heterocycles. The minimum absolute atomic E-state index is 0.00649. The summed E-state index contributed by atoms with van der Waals surface area (Å²) in [5.74, 6) is -0.434. The maximum absolute atomic E-state index is 12.3. The minimum atomic E-state index is -3.76. The summed E-state index contributed by atoms with van der Waals surface area (Å²) in [7, 11) is 0.00591. The number of nitrogens with one attached hydrogen (secondary N) is 2. The predicted octanol–water partition coefficient (Wildman–Crippen LogP) is 1.73. The van der Waals surface area contributed by atoms with Crippen molar-refractivity contribution in [2.75, 3.05) is 27.2 Å². The Morgan fingerprint density at radius 1 is 1.26 bits per heavy atom. The number of hydrogen-bond donors (Lipinski definition) is 2. The summed E-state index contributed by atoms with van der Waals surface area (Å²) in [6.45, 7) is 1.08. The third-order valence-corrected chi connectivity index (χ3v) is 5.60. The van der Waals surface area contributed by atoms with Crippen LogP contribution in [0.15, 0.2) is 17.0 Å². The van der Waals surface area contributed by atoms with E-state index in [-0.39, 0.29) is 26.5 Å². The third-order valence-electron chi connectivity index (χ3n) is 3.30. The van der Waals surface area contributed by atoms with Crippen LogP contribution < -0.4 is 10.0 Å². The largest absolute Gasteiger partial charge is 0.351 e. The highest BCUT2D eigenvalue weighted by Gasteiger charge is 2.30. The number of rotatable bonds is 7. The van der Waals surface area contributed by atoms with Crippen molar-refractivity contribution in [1.29, 1.82) is 0 Å².